The molecule has 0 bridgehead atoms. The van der Waals surface area contributed by atoms with Gasteiger partial charge in [0, 0.05) is 5.39 Å². The van der Waals surface area contributed by atoms with Gasteiger partial charge in [0.25, 0.3) is 11.8 Å². The maximum absolute atomic E-state index is 12.1. The van der Waals surface area contributed by atoms with Crippen LogP contribution in [0.2, 0.25) is 0 Å². The van der Waals surface area contributed by atoms with E-state index in [0.29, 0.717) is 17.1 Å². The highest BCUT2D eigenvalue weighted by Gasteiger charge is 2.12. The van der Waals surface area contributed by atoms with Crippen molar-refractivity contribution in [3.63, 3.8) is 0 Å². The SMILES string of the molecule is COc1ccccc1C(=O)NNC(=O)COc1cccc2ccccc12. The summed E-state index contributed by atoms with van der Waals surface area (Å²) in [4.78, 5) is 24.1. The molecule has 0 saturated carbocycles. The summed E-state index contributed by atoms with van der Waals surface area (Å²) < 4.78 is 10.7. The van der Waals surface area contributed by atoms with Crippen molar-refractivity contribution in [3.05, 3.63) is 72.3 Å². The second-order valence-corrected chi connectivity index (χ2v) is 5.47. The molecule has 0 aromatic heterocycles. The number of hydrazine groups is 1. The van der Waals surface area contributed by atoms with Crippen LogP contribution in [0.1, 0.15) is 10.4 Å². The van der Waals surface area contributed by atoms with Crippen molar-refractivity contribution in [2.75, 3.05) is 13.7 Å². The molecule has 2 amide bonds. The summed E-state index contributed by atoms with van der Waals surface area (Å²) in [6, 6.07) is 20.1. The molecule has 0 saturated heterocycles. The monoisotopic (exact) mass is 350 g/mol. The van der Waals surface area contributed by atoms with Crippen LogP contribution in [0.4, 0.5) is 0 Å². The molecule has 26 heavy (non-hydrogen) atoms. The Morgan fingerprint density at radius 3 is 2.38 bits per heavy atom. The van der Waals surface area contributed by atoms with Gasteiger partial charge in [0.1, 0.15) is 11.5 Å². The number of carbonyl (C=O) groups is 2. The molecule has 0 heterocycles. The Hall–Kier alpha value is -3.54. The molecular weight excluding hydrogens is 332 g/mol. The molecule has 2 N–H and O–H groups in total. The van der Waals surface area contributed by atoms with Crippen molar-refractivity contribution in [1.29, 1.82) is 0 Å². The van der Waals surface area contributed by atoms with Crippen LogP contribution in [0.3, 0.4) is 0 Å². The van der Waals surface area contributed by atoms with Gasteiger partial charge in [0.15, 0.2) is 6.61 Å². The Morgan fingerprint density at radius 2 is 1.54 bits per heavy atom. The number of methoxy groups -OCH3 is 1. The van der Waals surface area contributed by atoms with Crippen LogP contribution in [0.25, 0.3) is 10.8 Å². The smallest absolute Gasteiger partial charge is 0.276 e. The second-order valence-electron chi connectivity index (χ2n) is 5.47. The Balaban J connectivity index is 1.57. The van der Waals surface area contributed by atoms with Gasteiger partial charge < -0.3 is 9.47 Å². The number of rotatable bonds is 5. The molecule has 3 aromatic carbocycles. The summed E-state index contributed by atoms with van der Waals surface area (Å²) in [6.07, 6.45) is 0. The van der Waals surface area contributed by atoms with E-state index in [1.807, 2.05) is 36.4 Å². The quantitative estimate of drug-likeness (QED) is 0.694. The molecule has 0 aliphatic heterocycles. The molecule has 0 atom stereocenters. The zero-order valence-corrected chi connectivity index (χ0v) is 14.2. The lowest BCUT2D eigenvalue weighted by Crippen LogP contribution is -2.43. The molecule has 6 heteroatoms. The largest absolute Gasteiger partial charge is 0.496 e. The first kappa shape index (κ1) is 17.3. The van der Waals surface area contributed by atoms with Gasteiger partial charge in [-0.15, -0.1) is 0 Å². The molecule has 0 radical (unpaired) electrons. The number of ether oxygens (including phenoxy) is 2. The number of benzene rings is 3. The Labute approximate surface area is 150 Å². The fraction of sp³-hybridized carbons (Fsp3) is 0.100. The van der Waals surface area contributed by atoms with E-state index in [1.165, 1.54) is 7.11 Å². The van der Waals surface area contributed by atoms with Crippen molar-refractivity contribution >= 4 is 22.6 Å². The lowest BCUT2D eigenvalue weighted by molar-refractivity contribution is -0.123. The van der Waals surface area contributed by atoms with E-state index in [2.05, 4.69) is 10.9 Å². The molecule has 0 unspecified atom stereocenters. The lowest BCUT2D eigenvalue weighted by Gasteiger charge is -2.11. The highest BCUT2D eigenvalue weighted by molar-refractivity contribution is 5.98. The van der Waals surface area contributed by atoms with Gasteiger partial charge in [-0.1, -0.05) is 48.5 Å². The molecule has 3 rings (SSSR count). The molecular formula is C20H18N2O4. The highest BCUT2D eigenvalue weighted by atomic mass is 16.5. The van der Waals surface area contributed by atoms with Gasteiger partial charge in [-0.3, -0.25) is 20.4 Å². The average Bonchev–Trinajstić information content (AvgIpc) is 2.70. The molecule has 0 spiro atoms. The minimum Gasteiger partial charge on any atom is -0.496 e. The minimum atomic E-state index is -0.471. The van der Waals surface area contributed by atoms with Gasteiger partial charge in [-0.25, -0.2) is 0 Å². The van der Waals surface area contributed by atoms with Crippen LogP contribution >= 0.6 is 0 Å². The third kappa shape index (κ3) is 3.92. The molecule has 132 valence electrons. The first-order valence-electron chi connectivity index (χ1n) is 8.02. The number of hydrogen-bond acceptors (Lipinski definition) is 4. The summed E-state index contributed by atoms with van der Waals surface area (Å²) in [5.74, 6) is 0.0858. The van der Waals surface area contributed by atoms with Crippen molar-refractivity contribution < 1.29 is 19.1 Å². The van der Waals surface area contributed by atoms with Crippen LogP contribution in [-0.4, -0.2) is 25.5 Å². The zero-order chi connectivity index (χ0) is 18.4. The Kier molecular flexibility index (Phi) is 5.34. The van der Waals surface area contributed by atoms with E-state index in [-0.39, 0.29) is 6.61 Å². The zero-order valence-electron chi connectivity index (χ0n) is 14.2. The van der Waals surface area contributed by atoms with Crippen molar-refractivity contribution in [2.45, 2.75) is 0 Å². The Morgan fingerprint density at radius 1 is 0.846 bits per heavy atom. The van der Waals surface area contributed by atoms with Crippen LogP contribution in [0.5, 0.6) is 11.5 Å². The van der Waals surface area contributed by atoms with E-state index in [1.54, 1.807) is 30.3 Å². The predicted molar refractivity (Wildman–Crippen MR) is 98.0 cm³/mol. The number of fused-ring (bicyclic) bond motifs is 1. The fourth-order valence-electron chi connectivity index (χ4n) is 2.53. The summed E-state index contributed by atoms with van der Waals surface area (Å²) in [7, 11) is 1.47. The van der Waals surface area contributed by atoms with Gasteiger partial charge >= 0.3 is 0 Å². The number of para-hydroxylation sites is 1. The number of carbonyl (C=O) groups excluding carboxylic acids is 2. The topological polar surface area (TPSA) is 76.7 Å². The van der Waals surface area contributed by atoms with Gasteiger partial charge in [0.2, 0.25) is 0 Å². The second kappa shape index (κ2) is 8.02. The third-order valence-electron chi connectivity index (χ3n) is 3.78. The van der Waals surface area contributed by atoms with Crippen LogP contribution in [0, 0.1) is 0 Å². The number of hydrogen-bond donors (Lipinski definition) is 2. The van der Waals surface area contributed by atoms with Crippen LogP contribution in [0.15, 0.2) is 66.7 Å². The Bertz CT molecular complexity index is 935. The van der Waals surface area contributed by atoms with E-state index in [4.69, 9.17) is 9.47 Å². The van der Waals surface area contributed by atoms with E-state index in [0.717, 1.165) is 10.8 Å². The minimum absolute atomic E-state index is 0.222. The maximum Gasteiger partial charge on any atom is 0.276 e. The highest BCUT2D eigenvalue weighted by Crippen LogP contribution is 2.24. The first-order valence-corrected chi connectivity index (χ1v) is 8.02. The third-order valence-corrected chi connectivity index (χ3v) is 3.78. The normalized spacial score (nSPS) is 10.2. The van der Waals surface area contributed by atoms with Gasteiger partial charge in [-0.2, -0.15) is 0 Å². The molecule has 6 nitrogen and oxygen atoms in total. The van der Waals surface area contributed by atoms with Crippen molar-refractivity contribution in [2.24, 2.45) is 0 Å². The summed E-state index contributed by atoms with van der Waals surface area (Å²) >= 11 is 0. The van der Waals surface area contributed by atoms with Crippen molar-refractivity contribution in [3.8, 4) is 11.5 Å². The maximum atomic E-state index is 12.1. The summed E-state index contributed by atoms with van der Waals surface area (Å²) in [5.41, 5.74) is 5.00. The van der Waals surface area contributed by atoms with Crippen molar-refractivity contribution in [1.82, 2.24) is 10.9 Å². The predicted octanol–water partition coefficient (Wildman–Crippen LogP) is 2.69. The first-order chi connectivity index (χ1) is 12.7. The number of nitrogens with one attached hydrogen (secondary N) is 2. The molecule has 0 fully saturated rings. The average molecular weight is 350 g/mol. The van der Waals surface area contributed by atoms with E-state index >= 15 is 0 Å². The van der Waals surface area contributed by atoms with Crippen LogP contribution < -0.4 is 20.3 Å². The summed E-state index contributed by atoms with van der Waals surface area (Å²) in [6.45, 7) is -0.222. The summed E-state index contributed by atoms with van der Waals surface area (Å²) in [5, 5.41) is 1.94. The lowest BCUT2D eigenvalue weighted by atomic mass is 10.1. The van der Waals surface area contributed by atoms with Gasteiger partial charge in [-0.05, 0) is 23.6 Å². The fourth-order valence-corrected chi connectivity index (χ4v) is 2.53. The van der Waals surface area contributed by atoms with Crippen LogP contribution in [-0.2, 0) is 4.79 Å². The van der Waals surface area contributed by atoms with E-state index < -0.39 is 11.8 Å². The molecule has 0 aliphatic carbocycles. The van der Waals surface area contributed by atoms with Gasteiger partial charge in [0.05, 0.1) is 12.7 Å². The molecule has 3 aromatic rings. The molecule has 0 aliphatic rings. The number of amides is 2. The standard InChI is InChI=1S/C20H18N2O4/c1-25-17-11-5-4-10-16(17)20(24)22-21-19(23)13-26-18-12-6-8-14-7-2-3-9-15(14)18/h2-12H,13H2,1H3,(H,21,23)(H,22,24). The van der Waals surface area contributed by atoms with E-state index in [9.17, 15) is 9.59 Å².